The fourth-order valence-corrected chi connectivity index (χ4v) is 4.79. The number of benzene rings is 2. The molecular weight excluding hydrogens is 470 g/mol. The molecule has 1 aliphatic rings. The molecule has 0 fully saturated rings. The first kappa shape index (κ1) is 26.3. The number of amides is 2. The lowest BCUT2D eigenvalue weighted by Crippen LogP contribution is -2.53. The zero-order valence-electron chi connectivity index (χ0n) is 20.6. The summed E-state index contributed by atoms with van der Waals surface area (Å²) in [7, 11) is -3.80. The molecule has 2 aromatic rings. The Bertz CT molecular complexity index is 1140. The highest BCUT2D eigenvalue weighted by Crippen LogP contribution is 2.36. The van der Waals surface area contributed by atoms with E-state index in [-0.39, 0.29) is 31.0 Å². The number of ether oxygens (including phenoxy) is 2. The summed E-state index contributed by atoms with van der Waals surface area (Å²) >= 11 is 0. The van der Waals surface area contributed by atoms with E-state index in [0.29, 0.717) is 23.6 Å². The van der Waals surface area contributed by atoms with Gasteiger partial charge in [-0.25, -0.2) is 8.42 Å². The maximum atomic E-state index is 13.6. The molecule has 1 aliphatic heterocycles. The van der Waals surface area contributed by atoms with Gasteiger partial charge in [0.2, 0.25) is 28.6 Å². The first-order chi connectivity index (χ1) is 16.6. The minimum Gasteiger partial charge on any atom is -0.454 e. The Morgan fingerprint density at radius 1 is 1.03 bits per heavy atom. The second kappa shape index (κ2) is 11.4. The highest BCUT2D eigenvalue weighted by Gasteiger charge is 2.31. The van der Waals surface area contributed by atoms with Gasteiger partial charge in [0.1, 0.15) is 12.6 Å². The van der Waals surface area contributed by atoms with Crippen molar-refractivity contribution in [2.45, 2.75) is 46.2 Å². The molecule has 0 saturated carbocycles. The quantitative estimate of drug-likeness (QED) is 0.505. The fraction of sp³-hybridized carbons (Fsp3) is 0.440. The topological polar surface area (TPSA) is 105 Å². The number of fused-ring (bicyclic) bond motifs is 1. The Balaban J connectivity index is 1.88. The average Bonchev–Trinajstić information content (AvgIpc) is 3.30. The summed E-state index contributed by atoms with van der Waals surface area (Å²) in [6, 6.07) is 13.5. The number of carbonyl (C=O) groups is 2. The monoisotopic (exact) mass is 503 g/mol. The van der Waals surface area contributed by atoms with E-state index in [2.05, 4.69) is 5.32 Å². The van der Waals surface area contributed by atoms with Crippen LogP contribution in [-0.4, -0.2) is 62.9 Å². The van der Waals surface area contributed by atoms with Crippen LogP contribution in [0.15, 0.2) is 48.5 Å². The van der Waals surface area contributed by atoms with Crippen LogP contribution in [-0.2, 0) is 26.0 Å². The largest absolute Gasteiger partial charge is 0.454 e. The Kier molecular flexibility index (Phi) is 8.61. The zero-order chi connectivity index (χ0) is 25.6. The van der Waals surface area contributed by atoms with Crippen molar-refractivity contribution in [2.75, 3.05) is 29.9 Å². The van der Waals surface area contributed by atoms with Crippen molar-refractivity contribution in [1.82, 2.24) is 10.2 Å². The van der Waals surface area contributed by atoms with Crippen molar-refractivity contribution in [3.8, 4) is 11.5 Å². The van der Waals surface area contributed by atoms with Gasteiger partial charge in [-0.3, -0.25) is 13.9 Å². The van der Waals surface area contributed by atoms with Gasteiger partial charge >= 0.3 is 0 Å². The Morgan fingerprint density at radius 3 is 2.37 bits per heavy atom. The molecule has 35 heavy (non-hydrogen) atoms. The van der Waals surface area contributed by atoms with Crippen LogP contribution < -0.4 is 19.1 Å². The van der Waals surface area contributed by atoms with E-state index >= 15 is 0 Å². The summed E-state index contributed by atoms with van der Waals surface area (Å²) in [6.07, 6.45) is 0.524. The fourth-order valence-electron chi connectivity index (χ4n) is 3.74. The van der Waals surface area contributed by atoms with E-state index in [9.17, 15) is 18.0 Å². The number of carbonyl (C=O) groups excluding carboxylic acids is 2. The lowest BCUT2D eigenvalue weighted by atomic mass is 10.1. The van der Waals surface area contributed by atoms with Crippen LogP contribution in [0.1, 0.15) is 33.3 Å². The average molecular weight is 504 g/mol. The number of hydrogen-bond acceptors (Lipinski definition) is 6. The van der Waals surface area contributed by atoms with Gasteiger partial charge in [-0.05, 0) is 51.8 Å². The zero-order valence-corrected chi connectivity index (χ0v) is 21.4. The van der Waals surface area contributed by atoms with Gasteiger partial charge in [0, 0.05) is 18.7 Å². The van der Waals surface area contributed by atoms with Crippen molar-refractivity contribution >= 4 is 27.5 Å². The number of nitrogens with one attached hydrogen (secondary N) is 1. The molecule has 0 saturated heterocycles. The molecule has 1 heterocycles. The van der Waals surface area contributed by atoms with Crippen LogP contribution in [0.25, 0.3) is 0 Å². The van der Waals surface area contributed by atoms with Gasteiger partial charge in [-0.15, -0.1) is 0 Å². The van der Waals surface area contributed by atoms with Crippen LogP contribution >= 0.6 is 0 Å². The van der Waals surface area contributed by atoms with Crippen molar-refractivity contribution in [3.05, 3.63) is 54.1 Å². The molecule has 0 aliphatic carbocycles. The van der Waals surface area contributed by atoms with Crippen LogP contribution in [0.2, 0.25) is 0 Å². The van der Waals surface area contributed by atoms with E-state index in [4.69, 9.17) is 9.47 Å². The molecule has 2 aromatic carbocycles. The van der Waals surface area contributed by atoms with Crippen molar-refractivity contribution < 1.29 is 27.5 Å². The van der Waals surface area contributed by atoms with Gasteiger partial charge in [-0.1, -0.05) is 30.3 Å². The summed E-state index contributed by atoms with van der Waals surface area (Å²) in [5.41, 5.74) is 1.31. The van der Waals surface area contributed by atoms with Crippen molar-refractivity contribution in [1.29, 1.82) is 0 Å². The molecule has 10 heteroatoms. The molecule has 0 radical (unpaired) electrons. The third kappa shape index (κ3) is 6.66. The minimum absolute atomic E-state index is 0.0496. The predicted molar refractivity (Wildman–Crippen MR) is 134 cm³/mol. The van der Waals surface area contributed by atoms with Gasteiger partial charge in [0.05, 0.1) is 11.4 Å². The van der Waals surface area contributed by atoms with Gasteiger partial charge < -0.3 is 19.7 Å². The van der Waals surface area contributed by atoms with Gasteiger partial charge in [-0.2, -0.15) is 0 Å². The molecule has 0 spiro atoms. The maximum absolute atomic E-state index is 13.6. The summed E-state index contributed by atoms with van der Waals surface area (Å²) in [5, 5.41) is 2.84. The van der Waals surface area contributed by atoms with Crippen LogP contribution in [0.5, 0.6) is 11.5 Å². The first-order valence-electron chi connectivity index (χ1n) is 11.7. The molecule has 9 nitrogen and oxygen atoms in total. The van der Waals surface area contributed by atoms with Crippen LogP contribution in [0.3, 0.4) is 0 Å². The summed E-state index contributed by atoms with van der Waals surface area (Å²) < 4.78 is 37.8. The summed E-state index contributed by atoms with van der Waals surface area (Å²) in [6.45, 7) is 6.73. The number of hydrogen-bond donors (Lipinski definition) is 1. The number of sulfonamides is 1. The Morgan fingerprint density at radius 2 is 1.71 bits per heavy atom. The van der Waals surface area contributed by atoms with E-state index in [0.717, 1.165) is 9.87 Å². The molecule has 0 bridgehead atoms. The highest BCUT2D eigenvalue weighted by atomic mass is 32.2. The van der Waals surface area contributed by atoms with Gasteiger partial charge in [0.15, 0.2) is 11.5 Å². The molecule has 190 valence electrons. The molecular formula is C25H33N3O6S. The first-order valence-corrected chi connectivity index (χ1v) is 13.3. The molecule has 2 amide bonds. The Hall–Kier alpha value is -3.27. The number of anilines is 1. The maximum Gasteiger partial charge on any atom is 0.244 e. The SMILES string of the molecule is CCS(=O)(=O)N(CC(=O)N(CCc1ccccc1)[C@H](C)C(=O)NC(C)C)c1ccc2c(c1)OCO2. The minimum atomic E-state index is -3.80. The molecule has 1 N–H and O–H groups in total. The van der Waals surface area contributed by atoms with E-state index in [1.54, 1.807) is 25.1 Å². The third-order valence-electron chi connectivity index (χ3n) is 5.71. The molecule has 0 aromatic heterocycles. The molecule has 0 unspecified atom stereocenters. The van der Waals surface area contributed by atoms with Gasteiger partial charge in [0.25, 0.3) is 0 Å². The summed E-state index contributed by atoms with van der Waals surface area (Å²) in [4.78, 5) is 27.8. The smallest absolute Gasteiger partial charge is 0.244 e. The van der Waals surface area contributed by atoms with Crippen molar-refractivity contribution in [2.24, 2.45) is 0 Å². The van der Waals surface area contributed by atoms with E-state index in [1.807, 2.05) is 44.2 Å². The molecule has 3 rings (SSSR count). The standard InChI is InChI=1S/C25H33N3O6S/c1-5-35(31,32)28(21-11-12-22-23(15-21)34-17-33-22)16-24(29)27(19(4)25(30)26-18(2)3)14-13-20-9-7-6-8-10-20/h6-12,15,18-19H,5,13-14,16-17H2,1-4H3,(H,26,30)/t19-/m1/s1. The number of rotatable bonds is 11. The highest BCUT2D eigenvalue weighted by molar-refractivity contribution is 7.92. The second-order valence-electron chi connectivity index (χ2n) is 8.61. The molecule has 1 atom stereocenters. The Labute approximate surface area is 207 Å². The van der Waals surface area contributed by atoms with Crippen LogP contribution in [0.4, 0.5) is 5.69 Å². The summed E-state index contributed by atoms with van der Waals surface area (Å²) in [5.74, 6) is -0.0343. The normalized spacial score (nSPS) is 13.4. The van der Waals surface area contributed by atoms with E-state index in [1.165, 1.54) is 11.8 Å². The second-order valence-corrected chi connectivity index (χ2v) is 10.8. The predicted octanol–water partition coefficient (Wildman–Crippen LogP) is 2.56. The van der Waals surface area contributed by atoms with Crippen LogP contribution in [0, 0.1) is 0 Å². The lowest BCUT2D eigenvalue weighted by Gasteiger charge is -2.32. The van der Waals surface area contributed by atoms with Crippen molar-refractivity contribution in [3.63, 3.8) is 0 Å². The van der Waals surface area contributed by atoms with E-state index < -0.39 is 28.5 Å². The lowest BCUT2D eigenvalue weighted by molar-refractivity contribution is -0.139. The third-order valence-corrected chi connectivity index (χ3v) is 7.45. The number of nitrogens with zero attached hydrogens (tertiary/aromatic N) is 2.